The maximum absolute atomic E-state index is 13.8. The molecule has 206 valence electrons. The smallest absolute Gasteiger partial charge is 0.244 e. The molecular weight excluding hydrogens is 506 g/mol. The molecular formula is C28H37N3O6S. The van der Waals surface area contributed by atoms with E-state index in [1.165, 1.54) is 18.2 Å². The molecule has 9 nitrogen and oxygen atoms in total. The lowest BCUT2D eigenvalue weighted by Gasteiger charge is -2.33. The number of nitrogens with zero attached hydrogens (tertiary/aromatic N) is 2. The molecule has 10 heteroatoms. The van der Waals surface area contributed by atoms with Gasteiger partial charge < -0.3 is 19.7 Å². The molecule has 0 bridgehead atoms. The molecule has 1 atom stereocenters. The summed E-state index contributed by atoms with van der Waals surface area (Å²) in [6, 6.07) is 13.9. The zero-order valence-electron chi connectivity index (χ0n) is 22.1. The summed E-state index contributed by atoms with van der Waals surface area (Å²) in [6.07, 6.45) is 5.74. The third kappa shape index (κ3) is 6.78. The van der Waals surface area contributed by atoms with Crippen LogP contribution in [-0.2, 0) is 26.0 Å². The molecule has 1 heterocycles. The van der Waals surface area contributed by atoms with Crippen LogP contribution in [0.5, 0.6) is 11.5 Å². The monoisotopic (exact) mass is 543 g/mol. The molecule has 38 heavy (non-hydrogen) atoms. The van der Waals surface area contributed by atoms with Gasteiger partial charge in [-0.3, -0.25) is 13.9 Å². The largest absolute Gasteiger partial charge is 0.454 e. The first-order chi connectivity index (χ1) is 18.3. The van der Waals surface area contributed by atoms with Crippen LogP contribution in [0, 0.1) is 0 Å². The third-order valence-corrected chi connectivity index (χ3v) is 8.97. The minimum atomic E-state index is -3.81. The zero-order chi connectivity index (χ0) is 27.1. The van der Waals surface area contributed by atoms with Crippen LogP contribution < -0.4 is 19.1 Å². The van der Waals surface area contributed by atoms with Crippen molar-refractivity contribution in [2.24, 2.45) is 0 Å². The van der Waals surface area contributed by atoms with Crippen molar-refractivity contribution in [3.63, 3.8) is 0 Å². The lowest BCUT2D eigenvalue weighted by molar-refractivity contribution is -0.139. The van der Waals surface area contributed by atoms with Crippen molar-refractivity contribution in [2.75, 3.05) is 29.9 Å². The summed E-state index contributed by atoms with van der Waals surface area (Å²) in [5.41, 5.74) is 1.34. The standard InChI is InChI=1S/C28H37N3O6S/c1-3-38(34,35)31(24-14-15-25-26(18-24)37-20-36-25)19-27(32)30(17-16-22-10-6-4-7-11-22)21(2)28(33)29-23-12-8-5-9-13-23/h4,6-7,10-11,14-15,18,21,23H,3,5,8-9,12-13,16-17,19-20H2,1-2H3,(H,29,33). The Kier molecular flexibility index (Phi) is 9.14. The number of hydrogen-bond donors (Lipinski definition) is 1. The summed E-state index contributed by atoms with van der Waals surface area (Å²) in [5.74, 6) is 0.100. The van der Waals surface area contributed by atoms with Gasteiger partial charge in [-0.05, 0) is 50.8 Å². The van der Waals surface area contributed by atoms with Gasteiger partial charge in [-0.25, -0.2) is 8.42 Å². The van der Waals surface area contributed by atoms with Crippen molar-refractivity contribution in [2.45, 2.75) is 64.5 Å². The van der Waals surface area contributed by atoms with Crippen molar-refractivity contribution in [3.8, 4) is 11.5 Å². The van der Waals surface area contributed by atoms with Crippen LogP contribution in [0.2, 0.25) is 0 Å². The van der Waals surface area contributed by atoms with Gasteiger partial charge in [0, 0.05) is 18.7 Å². The van der Waals surface area contributed by atoms with Crippen LogP contribution in [0.1, 0.15) is 51.5 Å². The van der Waals surface area contributed by atoms with E-state index in [0.717, 1.165) is 35.6 Å². The molecule has 0 spiro atoms. The van der Waals surface area contributed by atoms with Gasteiger partial charge in [-0.2, -0.15) is 0 Å². The third-order valence-electron chi connectivity index (χ3n) is 7.23. The molecule has 2 amide bonds. The van der Waals surface area contributed by atoms with E-state index in [2.05, 4.69) is 5.32 Å². The molecule has 2 aliphatic rings. The van der Waals surface area contributed by atoms with E-state index < -0.39 is 28.5 Å². The van der Waals surface area contributed by atoms with Gasteiger partial charge in [0.25, 0.3) is 0 Å². The van der Waals surface area contributed by atoms with Gasteiger partial charge >= 0.3 is 0 Å². The number of nitrogens with one attached hydrogen (secondary N) is 1. The Balaban J connectivity index is 1.56. The minimum absolute atomic E-state index is 0.0547. The number of fused-ring (bicyclic) bond motifs is 1. The Labute approximate surface area is 225 Å². The minimum Gasteiger partial charge on any atom is -0.454 e. The van der Waals surface area contributed by atoms with Crippen molar-refractivity contribution in [1.82, 2.24) is 10.2 Å². The molecule has 2 aromatic carbocycles. The van der Waals surface area contributed by atoms with E-state index >= 15 is 0 Å². The summed E-state index contributed by atoms with van der Waals surface area (Å²) in [5, 5.41) is 3.11. The molecule has 1 fully saturated rings. The van der Waals surface area contributed by atoms with Crippen LogP contribution in [-0.4, -0.2) is 62.9 Å². The Morgan fingerprint density at radius 1 is 1.03 bits per heavy atom. The zero-order valence-corrected chi connectivity index (χ0v) is 22.9. The molecule has 1 saturated carbocycles. The lowest BCUT2D eigenvalue weighted by Crippen LogP contribution is -2.54. The fourth-order valence-corrected chi connectivity index (χ4v) is 5.95. The molecule has 0 saturated heterocycles. The number of rotatable bonds is 11. The predicted octanol–water partition coefficient (Wildman–Crippen LogP) is 3.48. The van der Waals surface area contributed by atoms with Crippen LogP contribution in [0.3, 0.4) is 0 Å². The van der Waals surface area contributed by atoms with Gasteiger partial charge in [0.1, 0.15) is 12.6 Å². The first-order valence-corrected chi connectivity index (χ1v) is 14.9. The number of benzene rings is 2. The van der Waals surface area contributed by atoms with Gasteiger partial charge in [0.15, 0.2) is 11.5 Å². The quantitative estimate of drug-likeness (QED) is 0.465. The number of anilines is 1. The van der Waals surface area contributed by atoms with E-state index in [-0.39, 0.29) is 31.0 Å². The average molecular weight is 544 g/mol. The summed E-state index contributed by atoms with van der Waals surface area (Å²) < 4.78 is 38.1. The number of amides is 2. The maximum Gasteiger partial charge on any atom is 0.244 e. The lowest BCUT2D eigenvalue weighted by atomic mass is 9.95. The van der Waals surface area contributed by atoms with Crippen LogP contribution in [0.4, 0.5) is 5.69 Å². The second-order valence-electron chi connectivity index (χ2n) is 9.79. The Hall–Kier alpha value is -3.27. The second kappa shape index (κ2) is 12.5. The normalized spacial score (nSPS) is 16.1. The molecule has 1 aliphatic heterocycles. The van der Waals surface area contributed by atoms with Crippen molar-refractivity contribution >= 4 is 27.5 Å². The fourth-order valence-electron chi connectivity index (χ4n) is 4.90. The highest BCUT2D eigenvalue weighted by Crippen LogP contribution is 2.36. The molecule has 2 aromatic rings. The first kappa shape index (κ1) is 27.8. The Bertz CT molecular complexity index is 1210. The number of sulfonamides is 1. The number of carbonyl (C=O) groups is 2. The molecule has 1 N–H and O–H groups in total. The van der Waals surface area contributed by atoms with Crippen LogP contribution >= 0.6 is 0 Å². The second-order valence-corrected chi connectivity index (χ2v) is 12.0. The molecule has 0 radical (unpaired) electrons. The van der Waals surface area contributed by atoms with E-state index in [1.54, 1.807) is 25.1 Å². The summed E-state index contributed by atoms with van der Waals surface area (Å²) in [6.45, 7) is 3.15. The van der Waals surface area contributed by atoms with Gasteiger partial charge in [0.05, 0.1) is 11.4 Å². The van der Waals surface area contributed by atoms with E-state index in [1.807, 2.05) is 30.3 Å². The van der Waals surface area contributed by atoms with Gasteiger partial charge in [-0.1, -0.05) is 49.6 Å². The molecule has 1 aliphatic carbocycles. The molecule has 1 unspecified atom stereocenters. The van der Waals surface area contributed by atoms with Crippen molar-refractivity contribution < 1.29 is 27.5 Å². The summed E-state index contributed by atoms with van der Waals surface area (Å²) in [7, 11) is -3.81. The topological polar surface area (TPSA) is 105 Å². The molecule has 4 rings (SSSR count). The maximum atomic E-state index is 13.8. The number of hydrogen-bond acceptors (Lipinski definition) is 6. The summed E-state index contributed by atoms with van der Waals surface area (Å²) >= 11 is 0. The number of carbonyl (C=O) groups excluding carboxylic acids is 2. The highest BCUT2D eigenvalue weighted by atomic mass is 32.2. The predicted molar refractivity (Wildman–Crippen MR) is 146 cm³/mol. The Morgan fingerprint density at radius 3 is 2.45 bits per heavy atom. The highest BCUT2D eigenvalue weighted by molar-refractivity contribution is 7.92. The molecule has 0 aromatic heterocycles. The van der Waals surface area contributed by atoms with Crippen LogP contribution in [0.25, 0.3) is 0 Å². The van der Waals surface area contributed by atoms with Crippen molar-refractivity contribution in [1.29, 1.82) is 0 Å². The van der Waals surface area contributed by atoms with E-state index in [0.29, 0.717) is 23.6 Å². The SMILES string of the molecule is CCS(=O)(=O)N(CC(=O)N(CCc1ccccc1)C(C)C(=O)NC1CCCCC1)c1ccc2c(c1)OCO2. The van der Waals surface area contributed by atoms with Crippen molar-refractivity contribution in [3.05, 3.63) is 54.1 Å². The van der Waals surface area contributed by atoms with E-state index in [9.17, 15) is 18.0 Å². The van der Waals surface area contributed by atoms with Gasteiger partial charge in [-0.15, -0.1) is 0 Å². The average Bonchev–Trinajstić information content (AvgIpc) is 3.41. The highest BCUT2D eigenvalue weighted by Gasteiger charge is 2.32. The van der Waals surface area contributed by atoms with Gasteiger partial charge in [0.2, 0.25) is 28.6 Å². The fraction of sp³-hybridized carbons (Fsp3) is 0.500. The Morgan fingerprint density at radius 2 is 1.74 bits per heavy atom. The summed E-state index contributed by atoms with van der Waals surface area (Å²) in [4.78, 5) is 28.5. The first-order valence-electron chi connectivity index (χ1n) is 13.3. The van der Waals surface area contributed by atoms with E-state index in [4.69, 9.17) is 9.47 Å². The van der Waals surface area contributed by atoms with Crippen LogP contribution in [0.15, 0.2) is 48.5 Å². The number of ether oxygens (including phenoxy) is 2.